The predicted octanol–water partition coefficient (Wildman–Crippen LogP) is 5.32. The number of amides is 1. The van der Waals surface area contributed by atoms with Gasteiger partial charge in [-0.15, -0.1) is 0 Å². The van der Waals surface area contributed by atoms with Gasteiger partial charge in [-0.25, -0.2) is 4.79 Å². The zero-order valence-electron chi connectivity index (χ0n) is 17.8. The largest absolute Gasteiger partial charge is 0.443 e. The van der Waals surface area contributed by atoms with E-state index in [0.29, 0.717) is 5.92 Å². The zero-order valence-corrected chi connectivity index (χ0v) is 17.8. The Bertz CT molecular complexity index is 704. The summed E-state index contributed by atoms with van der Waals surface area (Å²) in [5.74, 6) is 0.565. The van der Waals surface area contributed by atoms with Crippen molar-refractivity contribution in [2.75, 3.05) is 26.2 Å². The fourth-order valence-electron chi connectivity index (χ4n) is 6.31. The molecule has 2 bridgehead atoms. The van der Waals surface area contributed by atoms with Crippen molar-refractivity contribution in [3.8, 4) is 0 Å². The topological polar surface area (TPSA) is 32.8 Å². The average molecular weight is 397 g/mol. The SMILES string of the molecule is O=C(OC12CCN(CC1)CC2)N1CCc2ccccc2C1C1CCCCCCC1. The Balaban J connectivity index is 1.40. The molecule has 4 nitrogen and oxygen atoms in total. The second kappa shape index (κ2) is 8.29. The van der Waals surface area contributed by atoms with Crippen LogP contribution in [0.2, 0.25) is 0 Å². The van der Waals surface area contributed by atoms with E-state index in [9.17, 15) is 4.79 Å². The van der Waals surface area contributed by atoms with Crippen LogP contribution < -0.4 is 0 Å². The van der Waals surface area contributed by atoms with Gasteiger partial charge in [0.05, 0.1) is 6.04 Å². The molecule has 4 aliphatic heterocycles. The van der Waals surface area contributed by atoms with Gasteiger partial charge in [0, 0.05) is 45.4 Å². The molecule has 1 aromatic carbocycles. The van der Waals surface area contributed by atoms with Gasteiger partial charge in [-0.3, -0.25) is 0 Å². The summed E-state index contributed by atoms with van der Waals surface area (Å²) >= 11 is 0. The minimum absolute atomic E-state index is 0.0399. The van der Waals surface area contributed by atoms with Crippen molar-refractivity contribution in [1.29, 1.82) is 0 Å². The lowest BCUT2D eigenvalue weighted by molar-refractivity contribution is -0.0932. The Morgan fingerprint density at radius 1 is 0.897 bits per heavy atom. The van der Waals surface area contributed by atoms with Crippen LogP contribution in [0, 0.1) is 5.92 Å². The summed E-state index contributed by atoms with van der Waals surface area (Å²) in [5.41, 5.74) is 2.62. The van der Waals surface area contributed by atoms with E-state index in [0.717, 1.165) is 51.9 Å². The second-order valence-electron chi connectivity index (χ2n) is 9.83. The molecule has 1 aromatic rings. The first-order valence-electron chi connectivity index (χ1n) is 12.0. The van der Waals surface area contributed by atoms with Gasteiger partial charge >= 0.3 is 6.09 Å². The van der Waals surface area contributed by atoms with Crippen LogP contribution in [-0.2, 0) is 11.2 Å². The molecule has 1 saturated carbocycles. The fourth-order valence-corrected chi connectivity index (χ4v) is 6.31. The number of nitrogens with zero attached hydrogens (tertiary/aromatic N) is 2. The number of piperidine rings is 3. The van der Waals surface area contributed by atoms with Crippen molar-refractivity contribution in [1.82, 2.24) is 9.80 Å². The lowest BCUT2D eigenvalue weighted by Crippen LogP contribution is -2.56. The number of hydrogen-bond donors (Lipinski definition) is 0. The Hall–Kier alpha value is -1.55. The van der Waals surface area contributed by atoms with Gasteiger partial charge in [0.1, 0.15) is 5.60 Å². The van der Waals surface area contributed by atoms with Gasteiger partial charge in [-0.05, 0) is 36.3 Å². The molecule has 5 aliphatic rings. The number of benzene rings is 1. The monoisotopic (exact) mass is 396 g/mol. The lowest BCUT2D eigenvalue weighted by atomic mass is 9.78. The smallest absolute Gasteiger partial charge is 0.410 e. The van der Waals surface area contributed by atoms with E-state index in [1.807, 2.05) is 0 Å². The molecular formula is C25H36N2O2. The zero-order chi connectivity index (χ0) is 19.7. The quantitative estimate of drug-likeness (QED) is 0.678. The number of rotatable bonds is 2. The van der Waals surface area contributed by atoms with Crippen molar-refractivity contribution >= 4 is 6.09 Å². The van der Waals surface area contributed by atoms with E-state index < -0.39 is 0 Å². The van der Waals surface area contributed by atoms with Gasteiger partial charge < -0.3 is 14.5 Å². The van der Waals surface area contributed by atoms with E-state index in [1.165, 1.54) is 56.1 Å². The van der Waals surface area contributed by atoms with Gasteiger partial charge in [0.25, 0.3) is 0 Å². The third-order valence-corrected chi connectivity index (χ3v) is 8.12. The first-order chi connectivity index (χ1) is 14.2. The van der Waals surface area contributed by atoms with Crippen molar-refractivity contribution < 1.29 is 9.53 Å². The third-order valence-electron chi connectivity index (χ3n) is 8.12. The Morgan fingerprint density at radius 3 is 2.28 bits per heavy atom. The van der Waals surface area contributed by atoms with Crippen LogP contribution in [0.1, 0.15) is 81.4 Å². The molecule has 0 radical (unpaired) electrons. The summed E-state index contributed by atoms with van der Waals surface area (Å²) in [6.07, 6.45) is 13.1. The van der Waals surface area contributed by atoms with Crippen LogP contribution in [-0.4, -0.2) is 47.7 Å². The van der Waals surface area contributed by atoms with E-state index in [1.54, 1.807) is 0 Å². The lowest BCUT2D eigenvalue weighted by Gasteiger charge is -2.49. The Morgan fingerprint density at radius 2 is 1.55 bits per heavy atom. The summed E-state index contributed by atoms with van der Waals surface area (Å²) in [7, 11) is 0. The summed E-state index contributed by atoms with van der Waals surface area (Å²) in [6, 6.07) is 9.04. The summed E-state index contributed by atoms with van der Waals surface area (Å²) < 4.78 is 6.36. The molecule has 1 unspecified atom stereocenters. The van der Waals surface area contributed by atoms with Crippen LogP contribution in [0.25, 0.3) is 0 Å². The Labute approximate surface area is 175 Å². The molecule has 4 fully saturated rings. The first-order valence-corrected chi connectivity index (χ1v) is 12.0. The maximum Gasteiger partial charge on any atom is 0.410 e. The van der Waals surface area contributed by atoms with Crippen molar-refractivity contribution in [3.05, 3.63) is 35.4 Å². The summed E-state index contributed by atoms with van der Waals surface area (Å²) in [5, 5.41) is 0. The average Bonchev–Trinajstić information content (AvgIpc) is 2.74. The Kier molecular flexibility index (Phi) is 5.55. The highest BCUT2D eigenvalue weighted by Crippen LogP contribution is 2.43. The highest BCUT2D eigenvalue weighted by atomic mass is 16.6. The van der Waals surface area contributed by atoms with Crippen LogP contribution in [0.5, 0.6) is 0 Å². The number of carbonyl (C=O) groups excluding carboxylic acids is 1. The minimum atomic E-state index is -0.200. The van der Waals surface area contributed by atoms with Gasteiger partial charge in [-0.2, -0.15) is 0 Å². The molecule has 4 heterocycles. The van der Waals surface area contributed by atoms with Crippen molar-refractivity contribution in [2.24, 2.45) is 5.92 Å². The van der Waals surface area contributed by atoms with Crippen LogP contribution in [0.3, 0.4) is 0 Å². The minimum Gasteiger partial charge on any atom is -0.443 e. The predicted molar refractivity (Wildman–Crippen MR) is 115 cm³/mol. The maximum atomic E-state index is 13.6. The van der Waals surface area contributed by atoms with Crippen molar-refractivity contribution in [3.63, 3.8) is 0 Å². The summed E-state index contributed by atoms with van der Waals surface area (Å²) in [4.78, 5) is 18.2. The van der Waals surface area contributed by atoms with E-state index in [-0.39, 0.29) is 17.7 Å². The molecule has 4 heteroatoms. The molecular weight excluding hydrogens is 360 g/mol. The van der Waals surface area contributed by atoms with E-state index in [4.69, 9.17) is 4.74 Å². The highest BCUT2D eigenvalue weighted by molar-refractivity contribution is 5.70. The second-order valence-corrected chi connectivity index (χ2v) is 9.83. The van der Waals surface area contributed by atoms with E-state index >= 15 is 0 Å². The summed E-state index contributed by atoms with van der Waals surface area (Å²) in [6.45, 7) is 4.06. The maximum absolute atomic E-state index is 13.6. The number of fused-ring (bicyclic) bond motifs is 4. The fraction of sp³-hybridized carbons (Fsp3) is 0.720. The van der Waals surface area contributed by atoms with Gasteiger partial charge in [-0.1, -0.05) is 56.4 Å². The van der Waals surface area contributed by atoms with E-state index in [2.05, 4.69) is 34.1 Å². The van der Waals surface area contributed by atoms with Crippen molar-refractivity contribution in [2.45, 2.75) is 82.3 Å². The van der Waals surface area contributed by atoms with Gasteiger partial charge in [0.2, 0.25) is 0 Å². The molecule has 1 amide bonds. The highest BCUT2D eigenvalue weighted by Gasteiger charge is 2.45. The molecule has 0 N–H and O–H groups in total. The molecule has 3 saturated heterocycles. The first kappa shape index (κ1) is 19.4. The van der Waals surface area contributed by atoms with Crippen LogP contribution >= 0.6 is 0 Å². The molecule has 0 aromatic heterocycles. The molecule has 158 valence electrons. The van der Waals surface area contributed by atoms with Crippen LogP contribution in [0.15, 0.2) is 24.3 Å². The molecule has 6 rings (SSSR count). The number of hydrogen-bond acceptors (Lipinski definition) is 3. The number of ether oxygens (including phenoxy) is 1. The molecule has 1 aliphatic carbocycles. The molecule has 0 spiro atoms. The standard InChI is InChI=1S/C25H36N2O2/c28-24(29-25-13-17-26(18-14-25)19-15-25)27-16-12-20-8-6-7-11-22(20)23(27)21-9-4-2-1-3-5-10-21/h6-8,11,21,23H,1-5,9-10,12-19H2. The number of carbonyl (C=O) groups is 1. The van der Waals surface area contributed by atoms with Crippen LogP contribution in [0.4, 0.5) is 4.79 Å². The molecule has 1 atom stereocenters. The van der Waals surface area contributed by atoms with Gasteiger partial charge in [0.15, 0.2) is 0 Å². The molecule has 29 heavy (non-hydrogen) atoms. The normalized spacial score (nSPS) is 32.9. The third kappa shape index (κ3) is 3.93.